The Labute approximate surface area is 202 Å². The number of aromatic nitrogens is 1. The molecule has 1 aliphatic heterocycles. The Morgan fingerprint density at radius 3 is 2.71 bits per heavy atom. The van der Waals surface area contributed by atoms with Crippen molar-refractivity contribution in [3.05, 3.63) is 70.7 Å². The summed E-state index contributed by atoms with van der Waals surface area (Å²) in [6, 6.07) is 13.1. The normalized spacial score (nSPS) is 15.1. The largest absolute Gasteiger partial charge is 0.456 e. The van der Waals surface area contributed by atoms with Crippen molar-refractivity contribution < 1.29 is 22.7 Å². The van der Waals surface area contributed by atoms with Gasteiger partial charge in [0.2, 0.25) is 5.91 Å². The highest BCUT2D eigenvalue weighted by Crippen LogP contribution is 2.36. The molecule has 0 fully saturated rings. The molecule has 4 rings (SSSR count). The molecular weight excluding hydrogens is 474 g/mol. The Hall–Kier alpha value is -3.24. The molecule has 1 amide bonds. The van der Waals surface area contributed by atoms with Gasteiger partial charge in [0.25, 0.3) is 10.0 Å². The maximum Gasteiger partial charge on any atom is 0.338 e. The summed E-state index contributed by atoms with van der Waals surface area (Å²) in [4.78, 5) is 30.3. The lowest BCUT2D eigenvalue weighted by molar-refractivity contribution is -0.116. The van der Waals surface area contributed by atoms with Gasteiger partial charge in [-0.1, -0.05) is 24.3 Å². The summed E-state index contributed by atoms with van der Waals surface area (Å²) >= 11 is 1.29. The van der Waals surface area contributed by atoms with E-state index in [4.69, 9.17) is 4.74 Å². The fourth-order valence-electron chi connectivity index (χ4n) is 4.00. The number of benzene rings is 2. The van der Waals surface area contributed by atoms with Gasteiger partial charge in [-0.2, -0.15) is 0 Å². The number of carbonyl (C=O) groups excluding carboxylic acids is 2. The number of carbonyl (C=O) groups is 2. The topological polar surface area (TPSA) is 96.9 Å². The molecule has 0 saturated heterocycles. The summed E-state index contributed by atoms with van der Waals surface area (Å²) in [6.07, 6.45) is 0.631. The van der Waals surface area contributed by atoms with Crippen molar-refractivity contribution in [1.29, 1.82) is 0 Å². The average molecular weight is 500 g/mol. The first-order valence-corrected chi connectivity index (χ1v) is 13.2. The monoisotopic (exact) mass is 499 g/mol. The summed E-state index contributed by atoms with van der Waals surface area (Å²) in [5.41, 5.74) is 2.28. The van der Waals surface area contributed by atoms with Crippen LogP contribution in [-0.4, -0.2) is 37.9 Å². The number of thiazole rings is 1. The number of amides is 1. The van der Waals surface area contributed by atoms with Crippen molar-refractivity contribution in [2.24, 2.45) is 0 Å². The first-order valence-electron chi connectivity index (χ1n) is 10.8. The third kappa shape index (κ3) is 4.55. The highest BCUT2D eigenvalue weighted by Gasteiger charge is 2.36. The predicted octanol–water partition coefficient (Wildman–Crippen LogP) is 4.01. The molecule has 0 aliphatic carbocycles. The van der Waals surface area contributed by atoms with Crippen molar-refractivity contribution in [2.75, 3.05) is 15.7 Å². The smallest absolute Gasteiger partial charge is 0.338 e. The van der Waals surface area contributed by atoms with E-state index in [-0.39, 0.29) is 29.0 Å². The molecule has 178 valence electrons. The van der Waals surface area contributed by atoms with Crippen LogP contribution in [0.2, 0.25) is 0 Å². The number of nitrogens with zero attached hydrogens (tertiary/aromatic N) is 3. The quantitative estimate of drug-likeness (QED) is 0.456. The molecule has 2 heterocycles. The fourth-order valence-corrected chi connectivity index (χ4v) is 6.66. The fraction of sp³-hybridized carbons (Fsp3) is 0.292. The lowest BCUT2D eigenvalue weighted by Crippen LogP contribution is -2.35. The van der Waals surface area contributed by atoms with Gasteiger partial charge in [-0.15, -0.1) is 11.3 Å². The van der Waals surface area contributed by atoms with E-state index < -0.39 is 16.0 Å². The van der Waals surface area contributed by atoms with Crippen molar-refractivity contribution in [3.63, 3.8) is 0 Å². The average Bonchev–Trinajstić information content (AvgIpc) is 3.41. The Bertz CT molecular complexity index is 1340. The second-order valence-corrected chi connectivity index (χ2v) is 10.6. The van der Waals surface area contributed by atoms with E-state index in [0.29, 0.717) is 29.5 Å². The molecule has 0 bridgehead atoms. The number of hydrogen-bond donors (Lipinski definition) is 0. The summed E-state index contributed by atoms with van der Waals surface area (Å²) < 4.78 is 33.7. The number of rotatable bonds is 7. The third-order valence-corrected chi connectivity index (χ3v) is 8.43. The lowest BCUT2D eigenvalue weighted by atomic mass is 10.1. The molecule has 10 heteroatoms. The second kappa shape index (κ2) is 9.55. The molecule has 0 radical (unpaired) electrons. The summed E-state index contributed by atoms with van der Waals surface area (Å²) in [6.45, 7) is 5.59. The highest BCUT2D eigenvalue weighted by atomic mass is 32.2. The lowest BCUT2D eigenvalue weighted by Gasteiger charge is -2.24. The standard InChI is InChI=1S/C24H25N3O5S2/c1-4-26(17(3)28)24-25-20(15-33-24)14-32-23(29)19-9-7-10-21(13-19)34(30,31)27-16(2)12-18-8-5-6-11-22(18)27/h5-11,13,15-16H,4,12,14H2,1-3H3. The van der Waals surface area contributed by atoms with E-state index in [0.717, 1.165) is 5.56 Å². The van der Waals surface area contributed by atoms with E-state index in [1.165, 1.54) is 51.7 Å². The van der Waals surface area contributed by atoms with Crippen LogP contribution < -0.4 is 9.21 Å². The van der Waals surface area contributed by atoms with Crippen molar-refractivity contribution in [2.45, 2.75) is 44.7 Å². The maximum atomic E-state index is 13.4. The molecule has 0 spiro atoms. The van der Waals surface area contributed by atoms with Crippen LogP contribution in [0.25, 0.3) is 0 Å². The van der Waals surface area contributed by atoms with Crippen LogP contribution in [0.3, 0.4) is 0 Å². The predicted molar refractivity (Wildman–Crippen MR) is 131 cm³/mol. The second-order valence-electron chi connectivity index (χ2n) is 7.97. The summed E-state index contributed by atoms with van der Waals surface area (Å²) in [5, 5.41) is 2.26. The molecule has 3 aromatic rings. The van der Waals surface area contributed by atoms with Gasteiger partial charge in [0.1, 0.15) is 6.61 Å². The molecule has 8 nitrogen and oxygen atoms in total. The highest BCUT2D eigenvalue weighted by molar-refractivity contribution is 7.92. The van der Waals surface area contributed by atoms with Crippen molar-refractivity contribution >= 4 is 44.1 Å². The van der Waals surface area contributed by atoms with Gasteiger partial charge in [-0.05, 0) is 50.1 Å². The number of para-hydroxylation sites is 1. The van der Waals surface area contributed by atoms with Gasteiger partial charge in [0, 0.05) is 24.9 Å². The third-order valence-electron chi connectivity index (χ3n) is 5.59. The van der Waals surface area contributed by atoms with Crippen LogP contribution >= 0.6 is 11.3 Å². The van der Waals surface area contributed by atoms with Gasteiger partial charge >= 0.3 is 5.97 Å². The molecule has 1 unspecified atom stereocenters. The molecule has 1 aromatic heterocycles. The molecule has 1 atom stereocenters. The number of anilines is 2. The molecular formula is C24H25N3O5S2. The zero-order valence-electron chi connectivity index (χ0n) is 19.1. The minimum atomic E-state index is -3.86. The first-order chi connectivity index (χ1) is 16.2. The van der Waals surface area contributed by atoms with Gasteiger partial charge < -0.3 is 4.74 Å². The zero-order chi connectivity index (χ0) is 24.5. The van der Waals surface area contributed by atoms with Gasteiger partial charge in [-0.3, -0.25) is 14.0 Å². The number of esters is 1. The molecule has 1 aliphatic rings. The Kier molecular flexibility index (Phi) is 6.72. The molecule has 0 saturated carbocycles. The molecule has 2 aromatic carbocycles. The van der Waals surface area contributed by atoms with E-state index >= 15 is 0 Å². The number of fused-ring (bicyclic) bond motifs is 1. The van der Waals surface area contributed by atoms with Crippen LogP contribution in [0.15, 0.2) is 58.8 Å². The van der Waals surface area contributed by atoms with Crippen LogP contribution in [0, 0.1) is 0 Å². The van der Waals surface area contributed by atoms with E-state index in [2.05, 4.69) is 4.98 Å². The molecule has 34 heavy (non-hydrogen) atoms. The Balaban J connectivity index is 1.50. The SMILES string of the molecule is CCN(C(C)=O)c1nc(COC(=O)c2cccc(S(=O)(=O)N3c4ccccc4CC3C)c2)cs1. The van der Waals surface area contributed by atoms with Crippen LogP contribution in [-0.2, 0) is 32.6 Å². The minimum Gasteiger partial charge on any atom is -0.456 e. The number of sulfonamides is 1. The number of ether oxygens (including phenoxy) is 1. The summed E-state index contributed by atoms with van der Waals surface area (Å²) in [5.74, 6) is -0.770. The Morgan fingerprint density at radius 1 is 1.21 bits per heavy atom. The van der Waals surface area contributed by atoms with E-state index in [9.17, 15) is 18.0 Å². The van der Waals surface area contributed by atoms with Gasteiger partial charge in [0.15, 0.2) is 5.13 Å². The van der Waals surface area contributed by atoms with Crippen molar-refractivity contribution in [3.8, 4) is 0 Å². The van der Waals surface area contributed by atoms with E-state index in [1.54, 1.807) is 11.4 Å². The minimum absolute atomic E-state index is 0.0292. The van der Waals surface area contributed by atoms with Crippen molar-refractivity contribution in [1.82, 2.24) is 4.98 Å². The van der Waals surface area contributed by atoms with Crippen LogP contribution in [0.5, 0.6) is 0 Å². The van der Waals surface area contributed by atoms with Gasteiger partial charge in [0.05, 0.1) is 21.8 Å². The first kappa shape index (κ1) is 23.9. The Morgan fingerprint density at radius 2 is 1.97 bits per heavy atom. The summed E-state index contributed by atoms with van der Waals surface area (Å²) in [7, 11) is -3.86. The molecule has 0 N–H and O–H groups in total. The van der Waals surface area contributed by atoms with Crippen LogP contribution in [0.4, 0.5) is 10.8 Å². The maximum absolute atomic E-state index is 13.4. The van der Waals surface area contributed by atoms with E-state index in [1.807, 2.05) is 32.0 Å². The van der Waals surface area contributed by atoms with Gasteiger partial charge in [-0.25, -0.2) is 18.2 Å². The zero-order valence-corrected chi connectivity index (χ0v) is 20.7. The number of hydrogen-bond acceptors (Lipinski definition) is 7. The van der Waals surface area contributed by atoms with Crippen LogP contribution in [0.1, 0.15) is 42.4 Å².